The molecular formula is C21H24N4O3. The van der Waals surface area contributed by atoms with Crippen LogP contribution >= 0.6 is 0 Å². The Balaban J connectivity index is 1.56. The molecule has 1 fully saturated rings. The maximum absolute atomic E-state index is 12.9. The highest BCUT2D eigenvalue weighted by atomic mass is 16.5. The molecule has 0 amide bonds. The van der Waals surface area contributed by atoms with E-state index < -0.39 is 0 Å². The second kappa shape index (κ2) is 7.52. The normalized spacial score (nSPS) is 16.3. The number of hydrogen-bond acceptors (Lipinski definition) is 5. The van der Waals surface area contributed by atoms with Crippen molar-refractivity contribution in [3.8, 4) is 5.75 Å². The van der Waals surface area contributed by atoms with Crippen LogP contribution in [-0.4, -0.2) is 47.7 Å². The van der Waals surface area contributed by atoms with Gasteiger partial charge in [0.05, 0.1) is 29.9 Å². The molecule has 0 spiro atoms. The third-order valence-corrected chi connectivity index (χ3v) is 5.48. The van der Waals surface area contributed by atoms with Crippen LogP contribution in [0.4, 0.5) is 5.69 Å². The predicted molar refractivity (Wildman–Crippen MR) is 110 cm³/mol. The van der Waals surface area contributed by atoms with E-state index in [4.69, 9.17) is 4.74 Å². The molecule has 4 rings (SSSR count). The minimum absolute atomic E-state index is 0.251. The van der Waals surface area contributed by atoms with Crippen LogP contribution in [0, 0.1) is 0 Å². The Kier molecular flexibility index (Phi) is 4.92. The van der Waals surface area contributed by atoms with Crippen LogP contribution in [0.15, 0.2) is 58.1 Å². The van der Waals surface area contributed by atoms with Gasteiger partial charge < -0.3 is 14.6 Å². The molecule has 7 heteroatoms. The van der Waals surface area contributed by atoms with Crippen molar-refractivity contribution >= 4 is 16.6 Å². The molecule has 0 radical (unpaired) electrons. The fourth-order valence-corrected chi connectivity index (χ4v) is 3.91. The highest BCUT2D eigenvalue weighted by Gasteiger charge is 2.25. The largest absolute Gasteiger partial charge is 0.495 e. The molecule has 7 nitrogen and oxygen atoms in total. The van der Waals surface area contributed by atoms with Gasteiger partial charge in [-0.1, -0.05) is 24.3 Å². The van der Waals surface area contributed by atoms with Gasteiger partial charge in [-0.2, -0.15) is 0 Å². The molecule has 0 saturated carbocycles. The van der Waals surface area contributed by atoms with Gasteiger partial charge in [-0.25, -0.2) is 9.36 Å². The monoisotopic (exact) mass is 380 g/mol. The lowest BCUT2D eigenvalue weighted by Crippen LogP contribution is -2.52. The lowest BCUT2D eigenvalue weighted by molar-refractivity contribution is 0.138. The standard InChI is InChI=1S/C21H24N4O3/c1-15(25-20(26)16-7-3-4-8-17(16)22-21(25)27)23-11-13-24(14-12-23)18-9-5-6-10-19(18)28-2/h3-10,15H,11-14H2,1-2H3,(H,22,27). The summed E-state index contributed by atoms with van der Waals surface area (Å²) < 4.78 is 6.79. The summed E-state index contributed by atoms with van der Waals surface area (Å²) in [5.41, 5.74) is 1.02. The number of nitrogens with one attached hydrogen (secondary N) is 1. The van der Waals surface area contributed by atoms with E-state index in [1.165, 1.54) is 4.57 Å². The number of para-hydroxylation sites is 3. The molecule has 0 bridgehead atoms. The number of methoxy groups -OCH3 is 1. The molecule has 1 aliphatic heterocycles. The van der Waals surface area contributed by atoms with E-state index >= 15 is 0 Å². The van der Waals surface area contributed by atoms with Gasteiger partial charge in [0, 0.05) is 26.2 Å². The van der Waals surface area contributed by atoms with Crippen LogP contribution in [0.5, 0.6) is 5.75 Å². The zero-order valence-corrected chi connectivity index (χ0v) is 16.1. The Bertz CT molecular complexity index is 1100. The van der Waals surface area contributed by atoms with Crippen LogP contribution < -0.4 is 20.9 Å². The Hall–Kier alpha value is -3.06. The van der Waals surface area contributed by atoms with Crippen LogP contribution in [0.2, 0.25) is 0 Å². The maximum atomic E-state index is 12.9. The number of aromatic amines is 1. The van der Waals surface area contributed by atoms with Gasteiger partial charge in [-0.15, -0.1) is 0 Å². The van der Waals surface area contributed by atoms with E-state index in [-0.39, 0.29) is 17.4 Å². The first-order valence-electron chi connectivity index (χ1n) is 9.45. The van der Waals surface area contributed by atoms with Gasteiger partial charge in [0.25, 0.3) is 5.56 Å². The van der Waals surface area contributed by atoms with Crippen molar-refractivity contribution in [2.45, 2.75) is 13.1 Å². The quantitative estimate of drug-likeness (QED) is 0.750. The lowest BCUT2D eigenvalue weighted by Gasteiger charge is -2.39. The fourth-order valence-electron chi connectivity index (χ4n) is 3.91. The van der Waals surface area contributed by atoms with E-state index in [9.17, 15) is 9.59 Å². The Morgan fingerprint density at radius 2 is 1.64 bits per heavy atom. The van der Waals surface area contributed by atoms with Crippen molar-refractivity contribution in [3.63, 3.8) is 0 Å². The van der Waals surface area contributed by atoms with Crippen molar-refractivity contribution in [2.24, 2.45) is 0 Å². The molecule has 146 valence electrons. The first-order valence-corrected chi connectivity index (χ1v) is 9.45. The molecule has 1 unspecified atom stereocenters. The zero-order chi connectivity index (χ0) is 19.7. The second-order valence-corrected chi connectivity index (χ2v) is 6.98. The first kappa shape index (κ1) is 18.3. The van der Waals surface area contributed by atoms with Crippen molar-refractivity contribution < 1.29 is 4.74 Å². The molecule has 1 atom stereocenters. The molecule has 2 heterocycles. The molecule has 1 aliphatic rings. The van der Waals surface area contributed by atoms with Crippen molar-refractivity contribution in [1.82, 2.24) is 14.5 Å². The minimum Gasteiger partial charge on any atom is -0.495 e. The van der Waals surface area contributed by atoms with E-state index in [0.717, 1.165) is 37.6 Å². The number of nitrogens with zero attached hydrogens (tertiary/aromatic N) is 3. The lowest BCUT2D eigenvalue weighted by atomic mass is 10.2. The van der Waals surface area contributed by atoms with Gasteiger partial charge >= 0.3 is 5.69 Å². The van der Waals surface area contributed by atoms with Crippen molar-refractivity contribution in [2.75, 3.05) is 38.2 Å². The number of H-pyrrole nitrogens is 1. The number of piperazine rings is 1. The van der Waals surface area contributed by atoms with Crippen molar-refractivity contribution in [3.05, 3.63) is 69.4 Å². The number of fused-ring (bicyclic) bond motifs is 1. The number of hydrogen-bond donors (Lipinski definition) is 1. The Labute approximate surface area is 162 Å². The molecule has 1 saturated heterocycles. The number of anilines is 1. The van der Waals surface area contributed by atoms with Gasteiger partial charge in [0.2, 0.25) is 0 Å². The summed E-state index contributed by atoms with van der Waals surface area (Å²) in [6.45, 7) is 5.00. The van der Waals surface area contributed by atoms with E-state index in [0.29, 0.717) is 10.9 Å². The van der Waals surface area contributed by atoms with E-state index in [1.54, 1.807) is 19.2 Å². The summed E-state index contributed by atoms with van der Waals surface area (Å²) in [7, 11) is 1.68. The second-order valence-electron chi connectivity index (χ2n) is 6.98. The third kappa shape index (κ3) is 3.18. The van der Waals surface area contributed by atoms with Crippen LogP contribution in [0.1, 0.15) is 13.1 Å². The SMILES string of the molecule is COc1ccccc1N1CCN(C(C)n2c(=O)[nH]c3ccccc3c2=O)CC1. The summed E-state index contributed by atoms with van der Waals surface area (Å²) in [5.74, 6) is 0.853. The summed E-state index contributed by atoms with van der Waals surface area (Å²) in [5, 5.41) is 0.529. The summed E-state index contributed by atoms with van der Waals surface area (Å²) in [4.78, 5) is 32.7. The number of ether oxygens (including phenoxy) is 1. The first-order chi connectivity index (χ1) is 13.6. The Morgan fingerprint density at radius 3 is 2.39 bits per heavy atom. The molecule has 1 aromatic heterocycles. The van der Waals surface area contributed by atoms with E-state index in [1.807, 2.05) is 37.3 Å². The topological polar surface area (TPSA) is 70.6 Å². The summed E-state index contributed by atoms with van der Waals surface area (Å²) >= 11 is 0. The summed E-state index contributed by atoms with van der Waals surface area (Å²) in [6, 6.07) is 15.1. The van der Waals surface area contributed by atoms with Gasteiger partial charge in [0.1, 0.15) is 5.75 Å². The molecular weight excluding hydrogens is 356 g/mol. The van der Waals surface area contributed by atoms with Gasteiger partial charge in [-0.05, 0) is 31.2 Å². The maximum Gasteiger partial charge on any atom is 0.330 e. The van der Waals surface area contributed by atoms with E-state index in [2.05, 4.69) is 20.9 Å². The molecule has 2 aromatic carbocycles. The number of benzene rings is 2. The van der Waals surface area contributed by atoms with Crippen LogP contribution in [0.25, 0.3) is 10.9 Å². The van der Waals surface area contributed by atoms with Crippen LogP contribution in [-0.2, 0) is 0 Å². The van der Waals surface area contributed by atoms with Gasteiger partial charge in [-0.3, -0.25) is 9.69 Å². The molecule has 0 aliphatic carbocycles. The zero-order valence-electron chi connectivity index (χ0n) is 16.1. The highest BCUT2D eigenvalue weighted by molar-refractivity contribution is 5.76. The predicted octanol–water partition coefficient (Wildman–Crippen LogP) is 2.04. The molecule has 28 heavy (non-hydrogen) atoms. The minimum atomic E-state index is -0.372. The fraction of sp³-hybridized carbons (Fsp3) is 0.333. The Morgan fingerprint density at radius 1 is 0.964 bits per heavy atom. The number of rotatable bonds is 4. The molecule has 1 N–H and O–H groups in total. The van der Waals surface area contributed by atoms with Gasteiger partial charge in [0.15, 0.2) is 0 Å². The average molecular weight is 380 g/mol. The van der Waals surface area contributed by atoms with Crippen LogP contribution in [0.3, 0.4) is 0 Å². The number of aromatic nitrogens is 2. The molecule has 3 aromatic rings. The highest BCUT2D eigenvalue weighted by Crippen LogP contribution is 2.29. The smallest absolute Gasteiger partial charge is 0.330 e. The third-order valence-electron chi connectivity index (χ3n) is 5.48. The van der Waals surface area contributed by atoms with Crippen molar-refractivity contribution in [1.29, 1.82) is 0 Å². The average Bonchev–Trinajstić information content (AvgIpc) is 2.73. The summed E-state index contributed by atoms with van der Waals surface area (Å²) in [6.07, 6.45) is -0.319.